The van der Waals surface area contributed by atoms with Gasteiger partial charge in [0.05, 0.1) is 6.07 Å². The lowest BCUT2D eigenvalue weighted by Gasteiger charge is -2.29. The number of nitrogens with one attached hydrogen (secondary N) is 2. The van der Waals surface area contributed by atoms with Gasteiger partial charge in [-0.05, 0) is 25.7 Å². The van der Waals surface area contributed by atoms with Gasteiger partial charge in [-0.1, -0.05) is 20.3 Å². The van der Waals surface area contributed by atoms with Gasteiger partial charge in [0.1, 0.15) is 12.1 Å². The molecule has 2 unspecified atom stereocenters. The van der Waals surface area contributed by atoms with E-state index < -0.39 is 6.04 Å². The predicted octanol–water partition coefficient (Wildman–Crippen LogP) is 1.23. The van der Waals surface area contributed by atoms with E-state index in [-0.39, 0.29) is 23.9 Å². The number of rotatable bonds is 5. The lowest BCUT2D eigenvalue weighted by Crippen LogP contribution is -2.54. The zero-order chi connectivity index (χ0) is 15.1. The lowest BCUT2D eigenvalue weighted by atomic mass is 9.97. The summed E-state index contributed by atoms with van der Waals surface area (Å²) in [6.07, 6.45) is 2.35. The fraction of sp³-hybridized carbons (Fsp3) is 0.786. The lowest BCUT2D eigenvalue weighted by molar-refractivity contribution is -0.134. The summed E-state index contributed by atoms with van der Waals surface area (Å²) in [5, 5.41) is 14.5. The molecule has 0 spiro atoms. The summed E-state index contributed by atoms with van der Waals surface area (Å²) in [7, 11) is 0. The van der Waals surface area contributed by atoms with Crippen LogP contribution < -0.4 is 10.6 Å². The number of amides is 3. The molecule has 6 nitrogen and oxygen atoms in total. The Bertz CT molecular complexity index is 391. The highest BCUT2D eigenvalue weighted by Crippen LogP contribution is 2.20. The van der Waals surface area contributed by atoms with Gasteiger partial charge in [0.25, 0.3) is 0 Å². The molecule has 0 radical (unpaired) electrons. The summed E-state index contributed by atoms with van der Waals surface area (Å²) in [5.41, 5.74) is 0. The molecule has 6 heteroatoms. The molecule has 0 aliphatic carbocycles. The molecule has 0 aromatic heterocycles. The second-order valence-corrected chi connectivity index (χ2v) is 5.19. The standard InChI is InChI=1S/C14H24N4O2/c1-4-10(3)12(17-14(20)16-5-2)13(19)18-8-6-7-11(18)9-15/h10-12H,4-8H2,1-3H3,(H2,16,17,20)/t10?,11?,12-/m0/s1. The van der Waals surface area contributed by atoms with Gasteiger partial charge < -0.3 is 15.5 Å². The maximum atomic E-state index is 12.6. The van der Waals surface area contributed by atoms with Crippen LogP contribution in [0.2, 0.25) is 0 Å². The average molecular weight is 280 g/mol. The fourth-order valence-electron chi connectivity index (χ4n) is 2.38. The van der Waals surface area contributed by atoms with Crippen molar-refractivity contribution >= 4 is 11.9 Å². The second-order valence-electron chi connectivity index (χ2n) is 5.19. The minimum Gasteiger partial charge on any atom is -0.338 e. The van der Waals surface area contributed by atoms with Crippen molar-refractivity contribution in [1.82, 2.24) is 15.5 Å². The van der Waals surface area contributed by atoms with E-state index in [2.05, 4.69) is 16.7 Å². The third-order valence-electron chi connectivity index (χ3n) is 3.79. The molecule has 3 atom stereocenters. The molecule has 1 fully saturated rings. The van der Waals surface area contributed by atoms with Gasteiger partial charge >= 0.3 is 6.03 Å². The van der Waals surface area contributed by atoms with E-state index in [1.807, 2.05) is 20.8 Å². The van der Waals surface area contributed by atoms with Crippen LogP contribution in [0.25, 0.3) is 0 Å². The van der Waals surface area contributed by atoms with E-state index in [0.717, 1.165) is 19.3 Å². The van der Waals surface area contributed by atoms with Crippen LogP contribution in [-0.4, -0.2) is 42.0 Å². The number of hydrogen-bond donors (Lipinski definition) is 2. The molecule has 1 aliphatic rings. The third kappa shape index (κ3) is 3.86. The van der Waals surface area contributed by atoms with Crippen LogP contribution in [0, 0.1) is 17.2 Å². The Balaban J connectivity index is 2.79. The van der Waals surface area contributed by atoms with Crippen molar-refractivity contribution in [2.45, 2.75) is 52.1 Å². The summed E-state index contributed by atoms with van der Waals surface area (Å²) < 4.78 is 0. The molecule has 0 bridgehead atoms. The molecular weight excluding hydrogens is 256 g/mol. The first kappa shape index (κ1) is 16.3. The highest BCUT2D eigenvalue weighted by Gasteiger charge is 2.35. The van der Waals surface area contributed by atoms with Gasteiger partial charge in [-0.2, -0.15) is 5.26 Å². The minimum atomic E-state index is -0.569. The Morgan fingerprint density at radius 2 is 2.15 bits per heavy atom. The molecule has 3 amide bonds. The molecule has 1 heterocycles. The molecule has 112 valence electrons. The van der Waals surface area contributed by atoms with E-state index >= 15 is 0 Å². The number of carbonyl (C=O) groups excluding carboxylic acids is 2. The van der Waals surface area contributed by atoms with E-state index in [0.29, 0.717) is 13.1 Å². The summed E-state index contributed by atoms with van der Waals surface area (Å²) in [4.78, 5) is 25.9. The van der Waals surface area contributed by atoms with Gasteiger partial charge in [0.2, 0.25) is 5.91 Å². The molecule has 0 aromatic rings. The van der Waals surface area contributed by atoms with Crippen LogP contribution in [0.15, 0.2) is 0 Å². The summed E-state index contributed by atoms with van der Waals surface area (Å²) in [5.74, 6) is -0.111. The summed E-state index contributed by atoms with van der Waals surface area (Å²) >= 11 is 0. The average Bonchev–Trinajstić information content (AvgIpc) is 2.92. The Hall–Kier alpha value is -1.77. The second kappa shape index (κ2) is 7.73. The predicted molar refractivity (Wildman–Crippen MR) is 75.8 cm³/mol. The number of nitriles is 1. The van der Waals surface area contributed by atoms with Gasteiger partial charge in [0, 0.05) is 13.1 Å². The third-order valence-corrected chi connectivity index (χ3v) is 3.79. The van der Waals surface area contributed by atoms with Gasteiger partial charge in [-0.15, -0.1) is 0 Å². The van der Waals surface area contributed by atoms with Gasteiger partial charge in [-0.25, -0.2) is 4.79 Å². The van der Waals surface area contributed by atoms with E-state index in [1.165, 1.54) is 0 Å². The first-order valence-corrected chi connectivity index (χ1v) is 7.29. The molecule has 1 aliphatic heterocycles. The quantitative estimate of drug-likeness (QED) is 0.794. The van der Waals surface area contributed by atoms with E-state index in [1.54, 1.807) is 4.90 Å². The van der Waals surface area contributed by atoms with Gasteiger partial charge in [0.15, 0.2) is 0 Å². The molecule has 1 saturated heterocycles. The Morgan fingerprint density at radius 3 is 2.70 bits per heavy atom. The zero-order valence-electron chi connectivity index (χ0n) is 12.5. The van der Waals surface area contributed by atoms with E-state index in [4.69, 9.17) is 5.26 Å². The van der Waals surface area contributed by atoms with Crippen molar-refractivity contribution in [3.8, 4) is 6.07 Å². The summed E-state index contributed by atoms with van der Waals surface area (Å²) in [6, 6.07) is 0.902. The van der Waals surface area contributed by atoms with Crippen LogP contribution in [0.1, 0.15) is 40.0 Å². The van der Waals surface area contributed by atoms with Crippen LogP contribution in [0.3, 0.4) is 0 Å². The fourth-order valence-corrected chi connectivity index (χ4v) is 2.38. The van der Waals surface area contributed by atoms with Crippen LogP contribution in [-0.2, 0) is 4.79 Å². The first-order chi connectivity index (χ1) is 9.54. The number of hydrogen-bond acceptors (Lipinski definition) is 3. The van der Waals surface area contributed by atoms with Crippen molar-refractivity contribution in [2.24, 2.45) is 5.92 Å². The first-order valence-electron chi connectivity index (χ1n) is 7.29. The Morgan fingerprint density at radius 1 is 1.45 bits per heavy atom. The Labute approximate surface area is 120 Å². The molecule has 1 rings (SSSR count). The van der Waals surface area contributed by atoms with Crippen LogP contribution in [0.5, 0.6) is 0 Å². The van der Waals surface area contributed by atoms with Crippen molar-refractivity contribution in [1.29, 1.82) is 5.26 Å². The molecule has 2 N–H and O–H groups in total. The smallest absolute Gasteiger partial charge is 0.315 e. The zero-order valence-corrected chi connectivity index (χ0v) is 12.5. The topological polar surface area (TPSA) is 85.2 Å². The van der Waals surface area contributed by atoms with Crippen LogP contribution >= 0.6 is 0 Å². The maximum Gasteiger partial charge on any atom is 0.315 e. The number of carbonyl (C=O) groups is 2. The number of urea groups is 1. The van der Waals surface area contributed by atoms with Crippen molar-refractivity contribution in [2.75, 3.05) is 13.1 Å². The number of likely N-dealkylation sites (tertiary alicyclic amines) is 1. The van der Waals surface area contributed by atoms with Crippen LogP contribution in [0.4, 0.5) is 4.79 Å². The highest BCUT2D eigenvalue weighted by molar-refractivity contribution is 5.87. The molecular formula is C14H24N4O2. The Kier molecular flexibility index (Phi) is 6.29. The van der Waals surface area contributed by atoms with Crippen molar-refractivity contribution in [3.05, 3.63) is 0 Å². The largest absolute Gasteiger partial charge is 0.338 e. The van der Waals surface area contributed by atoms with Crippen molar-refractivity contribution < 1.29 is 9.59 Å². The molecule has 20 heavy (non-hydrogen) atoms. The summed E-state index contributed by atoms with van der Waals surface area (Å²) in [6.45, 7) is 6.85. The normalized spacial score (nSPS) is 20.9. The highest BCUT2D eigenvalue weighted by atomic mass is 16.2. The van der Waals surface area contributed by atoms with Crippen molar-refractivity contribution in [3.63, 3.8) is 0 Å². The monoisotopic (exact) mass is 280 g/mol. The molecule has 0 aromatic carbocycles. The van der Waals surface area contributed by atoms with Gasteiger partial charge in [-0.3, -0.25) is 4.79 Å². The van der Waals surface area contributed by atoms with E-state index in [9.17, 15) is 9.59 Å². The maximum absolute atomic E-state index is 12.6. The molecule has 0 saturated carbocycles. The number of nitrogens with zero attached hydrogens (tertiary/aromatic N) is 2. The SMILES string of the molecule is CCNC(=O)N[C@H](C(=O)N1CCCC1C#N)C(C)CC. The minimum absolute atomic E-state index is 0.0325.